The lowest BCUT2D eigenvalue weighted by atomic mass is 10.1. The molecule has 2 heterocycles. The molecule has 4 aromatic rings. The van der Waals surface area contributed by atoms with E-state index in [0.29, 0.717) is 22.7 Å². The van der Waals surface area contributed by atoms with Crippen molar-refractivity contribution in [1.82, 2.24) is 25.3 Å². The number of nitrogens with one attached hydrogen (secondary N) is 2. The summed E-state index contributed by atoms with van der Waals surface area (Å²) in [6, 6.07) is 14.6. The van der Waals surface area contributed by atoms with Crippen LogP contribution in [0.2, 0.25) is 5.02 Å². The molecule has 154 valence electrons. The number of rotatable bonds is 6. The minimum absolute atomic E-state index is 0.131. The van der Waals surface area contributed by atoms with Gasteiger partial charge in [0.15, 0.2) is 0 Å². The average molecular weight is 430 g/mol. The summed E-state index contributed by atoms with van der Waals surface area (Å²) in [5.74, 6) is 6.18. The molecule has 4 rings (SSSR count). The van der Waals surface area contributed by atoms with Crippen LogP contribution in [0.15, 0.2) is 73.3 Å². The molecule has 0 saturated carbocycles. The Morgan fingerprint density at radius 3 is 2.77 bits per heavy atom. The minimum atomic E-state index is -0.131. The average Bonchev–Trinajstić information content (AvgIpc) is 3.50. The van der Waals surface area contributed by atoms with Crippen molar-refractivity contribution in [3.63, 3.8) is 0 Å². The Hall–Kier alpha value is -3.82. The summed E-state index contributed by atoms with van der Waals surface area (Å²) < 4.78 is 1.73. The molecule has 0 aliphatic heterocycles. The van der Waals surface area contributed by atoms with Gasteiger partial charge in [-0.05, 0) is 66.9 Å². The standard InChI is InChI=1S/C24H20ClN5O/c25-22-9-5-18(6-10-22)4-7-20-15-21(8-11-23(20)30-14-2-13-29-30)24(31)26-12-1-3-19-16-27-28-17-19/h2,5-6,8-11,13-17H,1,3,12H2,(H,26,31)(H,27,28). The Morgan fingerprint density at radius 1 is 1.16 bits per heavy atom. The van der Waals surface area contributed by atoms with Crippen LogP contribution >= 0.6 is 11.6 Å². The van der Waals surface area contributed by atoms with Crippen molar-refractivity contribution in [2.24, 2.45) is 0 Å². The summed E-state index contributed by atoms with van der Waals surface area (Å²) in [5, 5.41) is 14.6. The summed E-state index contributed by atoms with van der Waals surface area (Å²) in [4.78, 5) is 12.7. The second-order valence-corrected chi connectivity index (χ2v) is 7.34. The highest BCUT2D eigenvalue weighted by Gasteiger charge is 2.10. The van der Waals surface area contributed by atoms with Crippen molar-refractivity contribution < 1.29 is 4.79 Å². The fraction of sp³-hybridized carbons (Fsp3) is 0.125. The van der Waals surface area contributed by atoms with Gasteiger partial charge in [-0.15, -0.1) is 0 Å². The van der Waals surface area contributed by atoms with E-state index in [2.05, 4.69) is 32.5 Å². The number of hydrogen-bond acceptors (Lipinski definition) is 3. The SMILES string of the molecule is O=C(NCCCc1cn[nH]c1)c1ccc(-n2cccn2)c(C#Cc2ccc(Cl)cc2)c1. The van der Waals surface area contributed by atoms with Crippen LogP contribution in [-0.2, 0) is 6.42 Å². The van der Waals surface area contributed by atoms with E-state index in [-0.39, 0.29) is 5.91 Å². The number of H-pyrrole nitrogens is 1. The second-order valence-electron chi connectivity index (χ2n) is 6.91. The first-order valence-electron chi connectivity index (χ1n) is 9.86. The molecule has 2 aromatic heterocycles. The maximum absolute atomic E-state index is 12.7. The van der Waals surface area contributed by atoms with Crippen molar-refractivity contribution in [2.45, 2.75) is 12.8 Å². The Morgan fingerprint density at radius 2 is 2.03 bits per heavy atom. The van der Waals surface area contributed by atoms with Gasteiger partial charge in [0.25, 0.3) is 5.91 Å². The Bertz CT molecular complexity index is 1200. The fourth-order valence-electron chi connectivity index (χ4n) is 3.07. The van der Waals surface area contributed by atoms with Crippen molar-refractivity contribution in [2.75, 3.05) is 6.54 Å². The Balaban J connectivity index is 1.52. The number of aromatic amines is 1. The summed E-state index contributed by atoms with van der Waals surface area (Å²) in [6.45, 7) is 0.580. The molecule has 0 atom stereocenters. The molecule has 0 saturated heterocycles. The molecular formula is C24H20ClN5O. The maximum atomic E-state index is 12.7. The van der Waals surface area contributed by atoms with Gasteiger partial charge in [0, 0.05) is 41.3 Å². The van der Waals surface area contributed by atoms with E-state index < -0.39 is 0 Å². The van der Waals surface area contributed by atoms with Crippen molar-refractivity contribution in [1.29, 1.82) is 0 Å². The third-order valence-corrected chi connectivity index (χ3v) is 4.93. The first kappa shape index (κ1) is 20.5. The molecule has 0 aliphatic rings. The van der Waals surface area contributed by atoms with Crippen LogP contribution < -0.4 is 5.32 Å². The van der Waals surface area contributed by atoms with Gasteiger partial charge in [0.2, 0.25) is 0 Å². The lowest BCUT2D eigenvalue weighted by Crippen LogP contribution is -2.25. The molecule has 2 aromatic carbocycles. The predicted molar refractivity (Wildman–Crippen MR) is 120 cm³/mol. The fourth-order valence-corrected chi connectivity index (χ4v) is 3.20. The van der Waals surface area contributed by atoms with Crippen molar-refractivity contribution in [3.05, 3.63) is 101 Å². The zero-order valence-electron chi connectivity index (χ0n) is 16.7. The minimum Gasteiger partial charge on any atom is -0.352 e. The summed E-state index contributed by atoms with van der Waals surface area (Å²) in [7, 11) is 0. The first-order chi connectivity index (χ1) is 15.2. The molecule has 6 nitrogen and oxygen atoms in total. The van der Waals surface area contributed by atoms with E-state index in [1.165, 1.54) is 0 Å². The number of hydrogen-bond donors (Lipinski definition) is 2. The molecule has 7 heteroatoms. The van der Waals surface area contributed by atoms with E-state index in [0.717, 1.165) is 29.7 Å². The lowest BCUT2D eigenvalue weighted by Gasteiger charge is -2.09. The largest absolute Gasteiger partial charge is 0.352 e. The quantitative estimate of drug-likeness (QED) is 0.359. The van der Waals surface area contributed by atoms with Gasteiger partial charge in [0.05, 0.1) is 17.4 Å². The molecule has 31 heavy (non-hydrogen) atoms. The van der Waals surface area contributed by atoms with E-state index in [1.807, 2.05) is 36.7 Å². The number of carbonyl (C=O) groups is 1. The highest BCUT2D eigenvalue weighted by Crippen LogP contribution is 2.16. The highest BCUT2D eigenvalue weighted by molar-refractivity contribution is 6.30. The number of benzene rings is 2. The van der Waals surface area contributed by atoms with Crippen LogP contribution in [-0.4, -0.2) is 32.4 Å². The Labute approximate surface area is 185 Å². The molecule has 0 unspecified atom stereocenters. The van der Waals surface area contributed by atoms with Gasteiger partial charge in [-0.2, -0.15) is 10.2 Å². The molecule has 0 radical (unpaired) electrons. The smallest absolute Gasteiger partial charge is 0.251 e. The number of halogens is 1. The summed E-state index contributed by atoms with van der Waals surface area (Å²) in [6.07, 6.45) is 8.89. The predicted octanol–water partition coefficient (Wildman–Crippen LogP) is 4.01. The molecule has 0 aliphatic carbocycles. The topological polar surface area (TPSA) is 75.6 Å². The van der Waals surface area contributed by atoms with Crippen LogP contribution in [0.1, 0.15) is 33.5 Å². The summed E-state index contributed by atoms with van der Waals surface area (Å²) >= 11 is 5.95. The van der Waals surface area contributed by atoms with Crippen LogP contribution in [0.5, 0.6) is 0 Å². The number of carbonyl (C=O) groups excluding carboxylic acids is 1. The van der Waals surface area contributed by atoms with Gasteiger partial charge in [-0.1, -0.05) is 23.4 Å². The monoisotopic (exact) mass is 429 g/mol. The number of aromatic nitrogens is 4. The maximum Gasteiger partial charge on any atom is 0.251 e. The van der Waals surface area contributed by atoms with Crippen LogP contribution in [0.4, 0.5) is 0 Å². The Kier molecular flexibility index (Phi) is 6.46. The second kappa shape index (κ2) is 9.79. The zero-order chi connectivity index (χ0) is 21.5. The van der Waals surface area contributed by atoms with Crippen LogP contribution in [0.25, 0.3) is 5.69 Å². The van der Waals surface area contributed by atoms with Crippen LogP contribution in [0.3, 0.4) is 0 Å². The third-order valence-electron chi connectivity index (χ3n) is 4.68. The lowest BCUT2D eigenvalue weighted by molar-refractivity contribution is 0.0953. The molecule has 0 fully saturated rings. The zero-order valence-corrected chi connectivity index (χ0v) is 17.4. The molecule has 0 bridgehead atoms. The number of amides is 1. The van der Waals surface area contributed by atoms with Gasteiger partial charge in [0.1, 0.15) is 0 Å². The molecule has 1 amide bonds. The number of nitrogens with zero attached hydrogens (tertiary/aromatic N) is 3. The highest BCUT2D eigenvalue weighted by atomic mass is 35.5. The van der Waals surface area contributed by atoms with Gasteiger partial charge in [-0.25, -0.2) is 4.68 Å². The van der Waals surface area contributed by atoms with E-state index >= 15 is 0 Å². The summed E-state index contributed by atoms with van der Waals surface area (Å²) in [5.41, 5.74) is 4.04. The number of aryl methyl sites for hydroxylation is 1. The first-order valence-corrected chi connectivity index (χ1v) is 10.2. The molecular weight excluding hydrogens is 410 g/mol. The van der Waals surface area contributed by atoms with E-state index in [4.69, 9.17) is 11.6 Å². The van der Waals surface area contributed by atoms with Gasteiger partial charge >= 0.3 is 0 Å². The van der Waals surface area contributed by atoms with Crippen molar-refractivity contribution >= 4 is 17.5 Å². The van der Waals surface area contributed by atoms with E-state index in [1.54, 1.807) is 41.3 Å². The molecule has 0 spiro atoms. The normalized spacial score (nSPS) is 10.4. The van der Waals surface area contributed by atoms with Crippen molar-refractivity contribution in [3.8, 4) is 17.5 Å². The van der Waals surface area contributed by atoms with Gasteiger partial charge in [-0.3, -0.25) is 9.89 Å². The van der Waals surface area contributed by atoms with Crippen LogP contribution in [0, 0.1) is 11.8 Å². The van der Waals surface area contributed by atoms with Gasteiger partial charge < -0.3 is 5.32 Å². The van der Waals surface area contributed by atoms with E-state index in [9.17, 15) is 4.79 Å². The molecule has 2 N–H and O–H groups in total. The third kappa shape index (κ3) is 5.41.